The maximum absolute atomic E-state index is 13.5. The van der Waals surface area contributed by atoms with Crippen LogP contribution in [-0.2, 0) is 26.2 Å². The standard InChI is InChI=1S/C25H34ClN3O4S/c1-7-19(4)27-25(31)20(5)28(15-21-10-8-9-11-23(21)26)24(30)16-29(34(6,32)33)22-13-12-17(2)18(3)14-22/h8-14,19-20H,7,15-16H2,1-6H3,(H,27,31). The highest BCUT2D eigenvalue weighted by Gasteiger charge is 2.30. The van der Waals surface area contributed by atoms with Gasteiger partial charge in [0.15, 0.2) is 0 Å². The predicted octanol–water partition coefficient (Wildman–Crippen LogP) is 4.05. The summed E-state index contributed by atoms with van der Waals surface area (Å²) in [7, 11) is -3.77. The van der Waals surface area contributed by atoms with E-state index in [1.54, 1.807) is 43.3 Å². The molecule has 0 fully saturated rings. The molecule has 0 heterocycles. The monoisotopic (exact) mass is 507 g/mol. The van der Waals surface area contributed by atoms with Crippen LogP contribution in [0.5, 0.6) is 0 Å². The van der Waals surface area contributed by atoms with E-state index in [4.69, 9.17) is 11.6 Å². The molecule has 2 atom stereocenters. The number of nitrogens with one attached hydrogen (secondary N) is 1. The number of hydrogen-bond acceptors (Lipinski definition) is 4. The molecule has 34 heavy (non-hydrogen) atoms. The highest BCUT2D eigenvalue weighted by Crippen LogP contribution is 2.23. The first-order valence-electron chi connectivity index (χ1n) is 11.2. The smallest absolute Gasteiger partial charge is 0.244 e. The molecule has 0 saturated heterocycles. The minimum absolute atomic E-state index is 0.0599. The van der Waals surface area contributed by atoms with Crippen LogP contribution in [-0.4, -0.2) is 50.0 Å². The maximum Gasteiger partial charge on any atom is 0.244 e. The summed E-state index contributed by atoms with van der Waals surface area (Å²) in [5.41, 5.74) is 2.98. The second-order valence-corrected chi connectivity index (χ2v) is 11.0. The lowest BCUT2D eigenvalue weighted by molar-refractivity contribution is -0.139. The van der Waals surface area contributed by atoms with Crippen molar-refractivity contribution in [1.82, 2.24) is 10.2 Å². The Hall–Kier alpha value is -2.58. The molecule has 7 nitrogen and oxygen atoms in total. The number of benzene rings is 2. The topological polar surface area (TPSA) is 86.8 Å². The lowest BCUT2D eigenvalue weighted by Crippen LogP contribution is -2.52. The van der Waals surface area contributed by atoms with Crippen molar-refractivity contribution in [3.05, 3.63) is 64.2 Å². The minimum Gasteiger partial charge on any atom is -0.352 e. The average molecular weight is 508 g/mol. The lowest BCUT2D eigenvalue weighted by Gasteiger charge is -2.32. The molecule has 0 aromatic heterocycles. The van der Waals surface area contributed by atoms with Crippen molar-refractivity contribution in [3.63, 3.8) is 0 Å². The van der Waals surface area contributed by atoms with Gasteiger partial charge in [-0.25, -0.2) is 8.42 Å². The first kappa shape index (κ1) is 27.7. The number of hydrogen-bond donors (Lipinski definition) is 1. The quantitative estimate of drug-likeness (QED) is 0.525. The van der Waals surface area contributed by atoms with Crippen LogP contribution in [0.2, 0.25) is 5.02 Å². The van der Waals surface area contributed by atoms with Crippen molar-refractivity contribution >= 4 is 39.1 Å². The molecule has 2 aromatic rings. The molecule has 2 amide bonds. The Balaban J connectivity index is 2.42. The van der Waals surface area contributed by atoms with Crippen LogP contribution in [0.1, 0.15) is 43.9 Å². The first-order chi connectivity index (χ1) is 15.8. The molecule has 0 aliphatic carbocycles. The molecule has 2 rings (SSSR count). The fourth-order valence-electron chi connectivity index (χ4n) is 3.35. The summed E-state index contributed by atoms with van der Waals surface area (Å²) in [5.74, 6) is -0.817. The van der Waals surface area contributed by atoms with Crippen molar-refractivity contribution in [2.24, 2.45) is 0 Å². The van der Waals surface area contributed by atoms with E-state index in [1.807, 2.05) is 33.8 Å². The van der Waals surface area contributed by atoms with Gasteiger partial charge in [-0.3, -0.25) is 13.9 Å². The van der Waals surface area contributed by atoms with Crippen LogP contribution in [0, 0.1) is 13.8 Å². The summed E-state index contributed by atoms with van der Waals surface area (Å²) in [6.07, 6.45) is 1.80. The number of amides is 2. The molecule has 2 aromatic carbocycles. The Morgan fingerprint density at radius 3 is 2.26 bits per heavy atom. The number of nitrogens with zero attached hydrogens (tertiary/aromatic N) is 2. The highest BCUT2D eigenvalue weighted by molar-refractivity contribution is 7.92. The molecule has 0 saturated carbocycles. The van der Waals surface area contributed by atoms with Gasteiger partial charge in [-0.15, -0.1) is 0 Å². The molecular formula is C25H34ClN3O4S. The average Bonchev–Trinajstić information content (AvgIpc) is 2.77. The van der Waals surface area contributed by atoms with Crippen LogP contribution in [0.3, 0.4) is 0 Å². The lowest BCUT2D eigenvalue weighted by atomic mass is 10.1. The molecule has 1 N–H and O–H groups in total. The van der Waals surface area contributed by atoms with Crippen LogP contribution >= 0.6 is 11.6 Å². The van der Waals surface area contributed by atoms with Gasteiger partial charge in [-0.1, -0.05) is 42.8 Å². The molecule has 0 aliphatic rings. The van der Waals surface area contributed by atoms with Gasteiger partial charge >= 0.3 is 0 Å². The maximum atomic E-state index is 13.5. The van der Waals surface area contributed by atoms with Crippen molar-refractivity contribution in [2.75, 3.05) is 17.1 Å². The molecule has 186 valence electrons. The zero-order chi connectivity index (χ0) is 25.6. The summed E-state index contributed by atoms with van der Waals surface area (Å²) < 4.78 is 26.4. The van der Waals surface area contributed by atoms with Crippen molar-refractivity contribution in [3.8, 4) is 0 Å². The zero-order valence-corrected chi connectivity index (χ0v) is 22.2. The van der Waals surface area contributed by atoms with Crippen LogP contribution in [0.25, 0.3) is 0 Å². The third-order valence-corrected chi connectivity index (χ3v) is 7.43. The van der Waals surface area contributed by atoms with Gasteiger partial charge in [0.25, 0.3) is 0 Å². The van der Waals surface area contributed by atoms with E-state index in [9.17, 15) is 18.0 Å². The van der Waals surface area contributed by atoms with E-state index in [-0.39, 0.29) is 18.5 Å². The molecule has 9 heteroatoms. The van der Waals surface area contributed by atoms with Gasteiger partial charge in [-0.05, 0) is 69.0 Å². The molecule has 0 bridgehead atoms. The number of sulfonamides is 1. The third kappa shape index (κ3) is 7.21. The third-order valence-electron chi connectivity index (χ3n) is 5.92. The predicted molar refractivity (Wildman–Crippen MR) is 137 cm³/mol. The van der Waals surface area contributed by atoms with Crippen LogP contribution in [0.15, 0.2) is 42.5 Å². The summed E-state index contributed by atoms with van der Waals surface area (Å²) >= 11 is 6.33. The zero-order valence-electron chi connectivity index (χ0n) is 20.6. The summed E-state index contributed by atoms with van der Waals surface area (Å²) in [6.45, 7) is 8.91. The summed E-state index contributed by atoms with van der Waals surface area (Å²) in [6, 6.07) is 11.4. The Morgan fingerprint density at radius 2 is 1.71 bits per heavy atom. The van der Waals surface area contributed by atoms with E-state index in [2.05, 4.69) is 5.32 Å². The normalized spacial score (nSPS) is 13.1. The van der Waals surface area contributed by atoms with E-state index in [0.29, 0.717) is 16.3 Å². The van der Waals surface area contributed by atoms with Crippen molar-refractivity contribution in [1.29, 1.82) is 0 Å². The number of carbonyl (C=O) groups is 2. The van der Waals surface area contributed by atoms with Gasteiger partial charge in [0.05, 0.1) is 11.9 Å². The molecule has 2 unspecified atom stereocenters. The van der Waals surface area contributed by atoms with Crippen molar-refractivity contribution < 1.29 is 18.0 Å². The second kappa shape index (κ2) is 11.7. The van der Waals surface area contributed by atoms with Gasteiger partial charge < -0.3 is 10.2 Å². The van der Waals surface area contributed by atoms with Crippen LogP contribution < -0.4 is 9.62 Å². The second-order valence-electron chi connectivity index (χ2n) is 8.65. The molecular weight excluding hydrogens is 474 g/mol. The molecule has 0 radical (unpaired) electrons. The number of rotatable bonds is 10. The van der Waals surface area contributed by atoms with E-state index >= 15 is 0 Å². The van der Waals surface area contributed by atoms with E-state index < -0.39 is 28.5 Å². The van der Waals surface area contributed by atoms with Crippen molar-refractivity contribution in [2.45, 2.75) is 59.7 Å². The van der Waals surface area contributed by atoms with Gasteiger partial charge in [0.1, 0.15) is 12.6 Å². The number of aryl methyl sites for hydroxylation is 2. The van der Waals surface area contributed by atoms with Gasteiger partial charge in [0, 0.05) is 17.6 Å². The fraction of sp³-hybridized carbons (Fsp3) is 0.440. The SMILES string of the molecule is CCC(C)NC(=O)C(C)N(Cc1ccccc1Cl)C(=O)CN(c1ccc(C)c(C)c1)S(C)(=O)=O. The fourth-order valence-corrected chi connectivity index (χ4v) is 4.39. The van der Waals surface area contributed by atoms with Gasteiger partial charge in [0.2, 0.25) is 21.8 Å². The highest BCUT2D eigenvalue weighted by atomic mass is 35.5. The number of anilines is 1. The van der Waals surface area contributed by atoms with Gasteiger partial charge in [-0.2, -0.15) is 0 Å². The Morgan fingerprint density at radius 1 is 1.06 bits per heavy atom. The minimum atomic E-state index is -3.77. The Bertz CT molecular complexity index is 1140. The Kier molecular flexibility index (Phi) is 9.53. The molecule has 0 spiro atoms. The largest absolute Gasteiger partial charge is 0.352 e. The van der Waals surface area contributed by atoms with E-state index in [0.717, 1.165) is 28.1 Å². The molecule has 0 aliphatic heterocycles. The number of carbonyl (C=O) groups excluding carboxylic acids is 2. The van der Waals surface area contributed by atoms with E-state index in [1.165, 1.54) is 4.90 Å². The number of halogens is 1. The summed E-state index contributed by atoms with van der Waals surface area (Å²) in [5, 5.41) is 3.36. The van der Waals surface area contributed by atoms with Crippen LogP contribution in [0.4, 0.5) is 5.69 Å². The Labute approximate surface area is 208 Å². The first-order valence-corrected chi connectivity index (χ1v) is 13.5. The summed E-state index contributed by atoms with van der Waals surface area (Å²) in [4.78, 5) is 27.8.